The molecule has 0 saturated carbocycles. The van der Waals surface area contributed by atoms with Gasteiger partial charge in [-0.3, -0.25) is 19.7 Å². The Morgan fingerprint density at radius 3 is 2.31 bits per heavy atom. The van der Waals surface area contributed by atoms with Crippen molar-refractivity contribution in [1.82, 2.24) is 15.1 Å². The van der Waals surface area contributed by atoms with Gasteiger partial charge in [-0.2, -0.15) is 0 Å². The Balaban J connectivity index is 2.00. The van der Waals surface area contributed by atoms with E-state index in [-0.39, 0.29) is 34.1 Å². The summed E-state index contributed by atoms with van der Waals surface area (Å²) in [6.07, 6.45) is 1.01. The standard InChI is InChI=1S/C22H32N4O6/c1-22(2,14-24(3)4)13-23-19(27)15-6-8-25(9-7-15)20(28)16-10-17(21(29)32-5)12-18(11-16)26(30)31/h10-12,15H,6-9,13-14H2,1-5H3,(H,23,27). The number of nitrogens with one attached hydrogen (secondary N) is 1. The molecule has 1 saturated heterocycles. The van der Waals surface area contributed by atoms with Gasteiger partial charge in [0.2, 0.25) is 5.91 Å². The summed E-state index contributed by atoms with van der Waals surface area (Å²) in [5, 5.41) is 14.2. The highest BCUT2D eigenvalue weighted by atomic mass is 16.6. The number of non-ortho nitro benzene ring substituents is 1. The second kappa shape index (κ2) is 10.5. The number of hydrogen-bond donors (Lipinski definition) is 1. The van der Waals surface area contributed by atoms with Crippen LogP contribution in [0.5, 0.6) is 0 Å². The van der Waals surface area contributed by atoms with Gasteiger partial charge in [-0.1, -0.05) is 13.8 Å². The van der Waals surface area contributed by atoms with Crippen LogP contribution in [0.1, 0.15) is 47.4 Å². The SMILES string of the molecule is COC(=O)c1cc(C(=O)N2CCC(C(=O)NCC(C)(C)CN(C)C)CC2)cc([N+](=O)[O-])c1. The van der Waals surface area contributed by atoms with Crippen molar-refractivity contribution in [2.75, 3.05) is 47.4 Å². The number of amides is 2. The Morgan fingerprint density at radius 2 is 1.78 bits per heavy atom. The van der Waals surface area contributed by atoms with Gasteiger partial charge >= 0.3 is 5.97 Å². The van der Waals surface area contributed by atoms with E-state index in [9.17, 15) is 24.5 Å². The summed E-state index contributed by atoms with van der Waals surface area (Å²) < 4.78 is 4.63. The molecular weight excluding hydrogens is 416 g/mol. The van der Waals surface area contributed by atoms with Crippen LogP contribution in [0.4, 0.5) is 5.69 Å². The molecular formula is C22H32N4O6. The molecule has 10 heteroatoms. The number of esters is 1. The number of rotatable bonds is 8. The predicted molar refractivity (Wildman–Crippen MR) is 118 cm³/mol. The van der Waals surface area contributed by atoms with Crippen molar-refractivity contribution in [3.63, 3.8) is 0 Å². The number of nitrogens with zero attached hydrogens (tertiary/aromatic N) is 3. The van der Waals surface area contributed by atoms with E-state index < -0.39 is 16.8 Å². The number of likely N-dealkylation sites (tertiary alicyclic amines) is 1. The quantitative estimate of drug-likeness (QED) is 0.366. The van der Waals surface area contributed by atoms with Gasteiger partial charge in [-0.15, -0.1) is 0 Å². The van der Waals surface area contributed by atoms with Crippen LogP contribution in [0.25, 0.3) is 0 Å². The van der Waals surface area contributed by atoms with Crippen molar-refractivity contribution in [3.8, 4) is 0 Å². The fraction of sp³-hybridized carbons (Fsp3) is 0.591. The molecule has 10 nitrogen and oxygen atoms in total. The van der Waals surface area contributed by atoms with E-state index in [1.165, 1.54) is 13.2 Å². The van der Waals surface area contributed by atoms with Crippen molar-refractivity contribution in [2.45, 2.75) is 26.7 Å². The van der Waals surface area contributed by atoms with Gasteiger partial charge in [0.1, 0.15) is 0 Å². The summed E-state index contributed by atoms with van der Waals surface area (Å²) in [5.41, 5.74) is -0.423. The summed E-state index contributed by atoms with van der Waals surface area (Å²) in [6.45, 7) is 6.30. The molecule has 1 fully saturated rings. The zero-order valence-corrected chi connectivity index (χ0v) is 19.3. The summed E-state index contributed by atoms with van der Waals surface area (Å²) in [6, 6.07) is 3.53. The minimum absolute atomic E-state index is 0.0211. The lowest BCUT2D eigenvalue weighted by Gasteiger charge is -2.33. The van der Waals surface area contributed by atoms with E-state index in [1.807, 2.05) is 14.1 Å². The molecule has 1 aromatic carbocycles. The minimum atomic E-state index is -0.754. The van der Waals surface area contributed by atoms with Gasteiger partial charge in [-0.05, 0) is 38.4 Å². The molecule has 1 N–H and O–H groups in total. The lowest BCUT2D eigenvalue weighted by molar-refractivity contribution is -0.384. The second-order valence-electron chi connectivity index (χ2n) is 9.20. The molecule has 0 aliphatic carbocycles. The third-order valence-electron chi connectivity index (χ3n) is 5.44. The summed E-state index contributed by atoms with van der Waals surface area (Å²) in [7, 11) is 5.15. The molecule has 0 bridgehead atoms. The average Bonchev–Trinajstić information content (AvgIpc) is 2.75. The number of benzene rings is 1. The average molecular weight is 449 g/mol. The molecule has 2 rings (SSSR count). The molecule has 1 heterocycles. The van der Waals surface area contributed by atoms with Crippen molar-refractivity contribution in [2.24, 2.45) is 11.3 Å². The van der Waals surface area contributed by atoms with Gasteiger partial charge in [0.05, 0.1) is 17.6 Å². The van der Waals surface area contributed by atoms with Gasteiger partial charge in [-0.25, -0.2) is 4.79 Å². The van der Waals surface area contributed by atoms with Gasteiger partial charge in [0.25, 0.3) is 11.6 Å². The van der Waals surface area contributed by atoms with E-state index in [4.69, 9.17) is 0 Å². The monoisotopic (exact) mass is 448 g/mol. The number of piperidine rings is 1. The fourth-order valence-corrected chi connectivity index (χ4v) is 3.99. The maximum Gasteiger partial charge on any atom is 0.338 e. The van der Waals surface area contributed by atoms with Crippen LogP contribution in [0.15, 0.2) is 18.2 Å². The number of nitro benzene ring substituents is 1. The molecule has 176 valence electrons. The molecule has 0 radical (unpaired) electrons. The van der Waals surface area contributed by atoms with Crippen LogP contribution in [0, 0.1) is 21.4 Å². The molecule has 0 unspecified atom stereocenters. The third-order valence-corrected chi connectivity index (χ3v) is 5.44. The maximum absolute atomic E-state index is 12.9. The van der Waals surface area contributed by atoms with Crippen LogP contribution < -0.4 is 5.32 Å². The Kier molecular flexibility index (Phi) is 8.31. The number of nitro groups is 1. The zero-order chi connectivity index (χ0) is 24.1. The molecule has 0 atom stereocenters. The highest BCUT2D eigenvalue weighted by Gasteiger charge is 2.30. The first-order valence-electron chi connectivity index (χ1n) is 10.5. The van der Waals surface area contributed by atoms with Gasteiger partial charge in [0, 0.05) is 49.8 Å². The van der Waals surface area contributed by atoms with E-state index in [0.29, 0.717) is 32.5 Å². The Labute approximate surface area is 188 Å². The predicted octanol–water partition coefficient (Wildman–Crippen LogP) is 1.94. The van der Waals surface area contributed by atoms with Crippen molar-refractivity contribution in [3.05, 3.63) is 39.4 Å². The van der Waals surface area contributed by atoms with Gasteiger partial charge < -0.3 is 19.9 Å². The van der Waals surface area contributed by atoms with Crippen molar-refractivity contribution in [1.29, 1.82) is 0 Å². The minimum Gasteiger partial charge on any atom is -0.465 e. The third kappa shape index (κ3) is 6.74. The summed E-state index contributed by atoms with van der Waals surface area (Å²) >= 11 is 0. The topological polar surface area (TPSA) is 122 Å². The molecule has 32 heavy (non-hydrogen) atoms. The fourth-order valence-electron chi connectivity index (χ4n) is 3.99. The van der Waals surface area contributed by atoms with E-state index in [1.54, 1.807) is 4.90 Å². The van der Waals surface area contributed by atoms with Crippen molar-refractivity contribution < 1.29 is 24.0 Å². The Morgan fingerprint density at radius 1 is 1.19 bits per heavy atom. The second-order valence-corrected chi connectivity index (χ2v) is 9.20. The molecule has 1 aliphatic rings. The number of ether oxygens (including phenoxy) is 1. The molecule has 1 aliphatic heterocycles. The smallest absolute Gasteiger partial charge is 0.338 e. The zero-order valence-electron chi connectivity index (χ0n) is 19.3. The number of carbonyl (C=O) groups is 3. The highest BCUT2D eigenvalue weighted by molar-refractivity contribution is 5.99. The maximum atomic E-state index is 12.9. The van der Waals surface area contributed by atoms with Crippen LogP contribution in [0.3, 0.4) is 0 Å². The van der Waals surface area contributed by atoms with Crippen molar-refractivity contribution >= 4 is 23.5 Å². The first-order chi connectivity index (χ1) is 14.9. The lowest BCUT2D eigenvalue weighted by atomic mass is 9.91. The Hall–Kier alpha value is -3.01. The van der Waals surface area contributed by atoms with E-state index in [2.05, 4.69) is 28.8 Å². The number of methoxy groups -OCH3 is 1. The van der Waals surface area contributed by atoms with Crippen LogP contribution >= 0.6 is 0 Å². The molecule has 1 aromatic rings. The molecule has 0 aromatic heterocycles. The summed E-state index contributed by atoms with van der Waals surface area (Å²) in [5.74, 6) is -1.38. The largest absolute Gasteiger partial charge is 0.465 e. The normalized spacial score (nSPS) is 14.9. The van der Waals surface area contributed by atoms with Gasteiger partial charge in [0.15, 0.2) is 0 Å². The summed E-state index contributed by atoms with van der Waals surface area (Å²) in [4.78, 5) is 51.5. The Bertz CT molecular complexity index is 875. The first-order valence-corrected chi connectivity index (χ1v) is 10.5. The molecule has 0 spiro atoms. The van der Waals surface area contributed by atoms with Crippen LogP contribution in [-0.2, 0) is 9.53 Å². The molecule has 2 amide bonds. The highest BCUT2D eigenvalue weighted by Crippen LogP contribution is 2.23. The van der Waals surface area contributed by atoms with E-state index >= 15 is 0 Å². The van der Waals surface area contributed by atoms with Crippen LogP contribution in [0.2, 0.25) is 0 Å². The number of carbonyl (C=O) groups excluding carboxylic acids is 3. The van der Waals surface area contributed by atoms with Crippen LogP contribution in [-0.4, -0.2) is 79.9 Å². The van der Waals surface area contributed by atoms with E-state index in [0.717, 1.165) is 18.7 Å². The first kappa shape index (κ1) is 25.3. The number of hydrogen-bond acceptors (Lipinski definition) is 7. The lowest BCUT2D eigenvalue weighted by Crippen LogP contribution is -2.46.